The number of rotatable bonds is 5. The standard InChI is InChI=1S/C15H14Cl2N4O2S/c1-20-12-11(13(22)19-14(20)23)21(15(18-12)24-7-6-16)8-9-4-2-3-5-10(9)17/h2-5H,6-8H2,1H3,(H,19,22,23). The first-order valence-corrected chi connectivity index (χ1v) is 9.04. The third-order valence-electron chi connectivity index (χ3n) is 3.57. The SMILES string of the molecule is Cn1c(=O)[nH]c(=O)c2c1nc(SCCCl)n2Cc1ccccc1Cl. The fourth-order valence-electron chi connectivity index (χ4n) is 2.40. The molecular weight excluding hydrogens is 371 g/mol. The van der Waals surface area contributed by atoms with Crippen LogP contribution in [0.25, 0.3) is 11.2 Å². The van der Waals surface area contributed by atoms with E-state index in [0.717, 1.165) is 5.56 Å². The Kier molecular flexibility index (Phi) is 5.03. The Bertz CT molecular complexity index is 1010. The van der Waals surface area contributed by atoms with Gasteiger partial charge in [-0.1, -0.05) is 41.6 Å². The van der Waals surface area contributed by atoms with Gasteiger partial charge in [0.15, 0.2) is 16.3 Å². The summed E-state index contributed by atoms with van der Waals surface area (Å²) in [4.78, 5) is 30.9. The predicted molar refractivity (Wildman–Crippen MR) is 97.6 cm³/mol. The van der Waals surface area contributed by atoms with Gasteiger partial charge in [-0.05, 0) is 11.6 Å². The Morgan fingerprint density at radius 3 is 2.75 bits per heavy atom. The Balaban J connectivity index is 2.23. The van der Waals surface area contributed by atoms with Crippen LogP contribution >= 0.6 is 35.0 Å². The molecule has 0 fully saturated rings. The molecule has 24 heavy (non-hydrogen) atoms. The summed E-state index contributed by atoms with van der Waals surface area (Å²) in [6, 6.07) is 7.41. The largest absolute Gasteiger partial charge is 0.329 e. The van der Waals surface area contributed by atoms with Gasteiger partial charge in [0.2, 0.25) is 0 Å². The lowest BCUT2D eigenvalue weighted by Crippen LogP contribution is -2.29. The summed E-state index contributed by atoms with van der Waals surface area (Å²) in [6.45, 7) is 0.377. The zero-order valence-corrected chi connectivity index (χ0v) is 15.1. The molecule has 0 aliphatic rings. The lowest BCUT2D eigenvalue weighted by molar-refractivity contribution is 0.728. The second kappa shape index (κ2) is 7.04. The highest BCUT2D eigenvalue weighted by atomic mass is 35.5. The molecule has 1 N–H and O–H groups in total. The second-order valence-corrected chi connectivity index (χ2v) is 6.95. The molecule has 0 aliphatic heterocycles. The minimum Gasteiger partial charge on any atom is -0.309 e. The first kappa shape index (κ1) is 17.1. The van der Waals surface area contributed by atoms with Crippen molar-refractivity contribution < 1.29 is 0 Å². The first-order chi connectivity index (χ1) is 11.5. The number of halogens is 2. The summed E-state index contributed by atoms with van der Waals surface area (Å²) in [5.41, 5.74) is 0.579. The summed E-state index contributed by atoms with van der Waals surface area (Å²) in [7, 11) is 1.57. The molecule has 126 valence electrons. The van der Waals surface area contributed by atoms with Crippen LogP contribution in [0, 0.1) is 0 Å². The smallest absolute Gasteiger partial charge is 0.309 e. The summed E-state index contributed by atoms with van der Waals surface area (Å²) in [5.74, 6) is 1.09. The Hall–Kier alpha value is -1.70. The number of aromatic nitrogens is 4. The maximum atomic E-state index is 12.3. The van der Waals surface area contributed by atoms with Crippen molar-refractivity contribution in [3.8, 4) is 0 Å². The minimum atomic E-state index is -0.496. The maximum Gasteiger partial charge on any atom is 0.329 e. The minimum absolute atomic E-state index is 0.341. The fraction of sp³-hybridized carbons (Fsp3) is 0.267. The van der Waals surface area contributed by atoms with Gasteiger partial charge in [0, 0.05) is 23.7 Å². The van der Waals surface area contributed by atoms with Crippen LogP contribution < -0.4 is 11.2 Å². The van der Waals surface area contributed by atoms with Crippen LogP contribution in [-0.4, -0.2) is 30.7 Å². The van der Waals surface area contributed by atoms with Gasteiger partial charge >= 0.3 is 5.69 Å². The summed E-state index contributed by atoms with van der Waals surface area (Å²) < 4.78 is 3.09. The number of H-pyrrole nitrogens is 1. The van der Waals surface area contributed by atoms with E-state index in [-0.39, 0.29) is 0 Å². The van der Waals surface area contributed by atoms with Crippen LogP contribution in [0.4, 0.5) is 0 Å². The average molecular weight is 385 g/mol. The van der Waals surface area contributed by atoms with Gasteiger partial charge in [-0.3, -0.25) is 14.3 Å². The van der Waals surface area contributed by atoms with E-state index in [4.69, 9.17) is 23.2 Å². The lowest BCUT2D eigenvalue weighted by Gasteiger charge is -2.09. The highest BCUT2D eigenvalue weighted by molar-refractivity contribution is 7.99. The number of benzene rings is 1. The normalized spacial score (nSPS) is 11.3. The van der Waals surface area contributed by atoms with Gasteiger partial charge < -0.3 is 4.57 Å². The van der Waals surface area contributed by atoms with E-state index in [1.54, 1.807) is 17.7 Å². The Labute approximate surface area is 151 Å². The summed E-state index contributed by atoms with van der Waals surface area (Å²) in [5, 5.41) is 1.23. The highest BCUT2D eigenvalue weighted by Gasteiger charge is 2.18. The molecule has 2 heterocycles. The number of alkyl halides is 1. The number of thioether (sulfide) groups is 1. The molecule has 0 radical (unpaired) electrons. The fourth-order valence-corrected chi connectivity index (χ4v) is 3.55. The Morgan fingerprint density at radius 1 is 1.29 bits per heavy atom. The van der Waals surface area contributed by atoms with Crippen LogP contribution in [0.1, 0.15) is 5.56 Å². The van der Waals surface area contributed by atoms with Crippen LogP contribution in [0.15, 0.2) is 39.0 Å². The maximum absolute atomic E-state index is 12.3. The molecule has 3 aromatic rings. The van der Waals surface area contributed by atoms with E-state index < -0.39 is 11.2 Å². The molecule has 2 aromatic heterocycles. The molecular formula is C15H14Cl2N4O2S. The van der Waals surface area contributed by atoms with Crippen LogP contribution in [0.5, 0.6) is 0 Å². The molecule has 0 spiro atoms. The predicted octanol–water partition coefficient (Wildman–Crippen LogP) is 2.46. The number of aromatic amines is 1. The molecule has 6 nitrogen and oxygen atoms in total. The van der Waals surface area contributed by atoms with Crippen LogP contribution in [-0.2, 0) is 13.6 Å². The van der Waals surface area contributed by atoms with E-state index in [0.29, 0.717) is 39.5 Å². The van der Waals surface area contributed by atoms with Crippen LogP contribution in [0.2, 0.25) is 5.02 Å². The van der Waals surface area contributed by atoms with Crippen molar-refractivity contribution in [2.75, 3.05) is 11.6 Å². The van der Waals surface area contributed by atoms with E-state index in [1.807, 2.05) is 18.2 Å². The number of nitrogens with zero attached hydrogens (tertiary/aromatic N) is 3. The van der Waals surface area contributed by atoms with E-state index >= 15 is 0 Å². The molecule has 0 unspecified atom stereocenters. The van der Waals surface area contributed by atoms with Crippen molar-refractivity contribution in [3.63, 3.8) is 0 Å². The second-order valence-electron chi connectivity index (χ2n) is 5.10. The molecule has 0 atom stereocenters. The molecule has 3 rings (SSSR count). The van der Waals surface area contributed by atoms with Gasteiger partial charge in [-0.25, -0.2) is 9.78 Å². The number of hydrogen-bond donors (Lipinski definition) is 1. The van der Waals surface area contributed by atoms with Crippen molar-refractivity contribution in [2.45, 2.75) is 11.7 Å². The van der Waals surface area contributed by atoms with Crippen molar-refractivity contribution in [1.82, 2.24) is 19.1 Å². The number of fused-ring (bicyclic) bond motifs is 1. The number of hydrogen-bond acceptors (Lipinski definition) is 4. The monoisotopic (exact) mass is 384 g/mol. The molecule has 0 saturated carbocycles. The molecule has 0 saturated heterocycles. The summed E-state index contributed by atoms with van der Waals surface area (Å²) >= 11 is 13.4. The first-order valence-electron chi connectivity index (χ1n) is 7.14. The number of aryl methyl sites for hydroxylation is 1. The lowest BCUT2D eigenvalue weighted by atomic mass is 10.2. The van der Waals surface area contributed by atoms with Crippen LogP contribution in [0.3, 0.4) is 0 Å². The number of nitrogens with one attached hydrogen (secondary N) is 1. The Morgan fingerprint density at radius 2 is 2.04 bits per heavy atom. The molecule has 9 heteroatoms. The highest BCUT2D eigenvalue weighted by Crippen LogP contribution is 2.25. The van der Waals surface area contributed by atoms with E-state index in [1.165, 1.54) is 16.3 Å². The third kappa shape index (κ3) is 3.11. The third-order valence-corrected chi connectivity index (χ3v) is 5.33. The number of imidazole rings is 1. The van der Waals surface area contributed by atoms with Gasteiger partial charge in [-0.2, -0.15) is 0 Å². The van der Waals surface area contributed by atoms with Crippen molar-refractivity contribution in [2.24, 2.45) is 7.05 Å². The van der Waals surface area contributed by atoms with Crippen molar-refractivity contribution in [3.05, 3.63) is 55.7 Å². The van der Waals surface area contributed by atoms with Gasteiger partial charge in [-0.15, -0.1) is 11.6 Å². The zero-order valence-electron chi connectivity index (χ0n) is 12.8. The van der Waals surface area contributed by atoms with Gasteiger partial charge in [0.05, 0.1) is 6.54 Å². The summed E-state index contributed by atoms with van der Waals surface area (Å²) in [6.07, 6.45) is 0. The average Bonchev–Trinajstić information content (AvgIpc) is 2.92. The van der Waals surface area contributed by atoms with Crippen molar-refractivity contribution >= 4 is 46.1 Å². The van der Waals surface area contributed by atoms with E-state index in [9.17, 15) is 9.59 Å². The quantitative estimate of drug-likeness (QED) is 0.541. The van der Waals surface area contributed by atoms with Gasteiger partial charge in [0.1, 0.15) is 0 Å². The zero-order chi connectivity index (χ0) is 17.3. The molecule has 1 aromatic carbocycles. The molecule has 0 bridgehead atoms. The van der Waals surface area contributed by atoms with Gasteiger partial charge in [0.25, 0.3) is 5.56 Å². The van der Waals surface area contributed by atoms with E-state index in [2.05, 4.69) is 9.97 Å². The topological polar surface area (TPSA) is 72.7 Å². The van der Waals surface area contributed by atoms with Crippen molar-refractivity contribution in [1.29, 1.82) is 0 Å². The molecule has 0 amide bonds. The molecule has 0 aliphatic carbocycles.